The zero-order valence-corrected chi connectivity index (χ0v) is 9.80. The Balaban J connectivity index is 0. The average molecular weight is 318 g/mol. The van der Waals surface area contributed by atoms with Gasteiger partial charge in [0.25, 0.3) is 0 Å². The maximum Gasteiger partial charge on any atom is 0.665 e. The van der Waals surface area contributed by atoms with Crippen LogP contribution in [-0.2, 0) is 4.12 Å². The van der Waals surface area contributed by atoms with Crippen molar-refractivity contribution in [3.05, 3.63) is 0 Å². The number of hydrogen-bond acceptors (Lipinski definition) is 7. The fraction of sp³-hybridized carbons (Fsp3) is 0. The fourth-order valence-electron chi connectivity index (χ4n) is 0.184. The van der Waals surface area contributed by atoms with Crippen molar-refractivity contribution in [1.29, 1.82) is 0 Å². The van der Waals surface area contributed by atoms with Crippen LogP contribution in [0.1, 0.15) is 0 Å². The van der Waals surface area contributed by atoms with Crippen molar-refractivity contribution in [3.8, 4) is 0 Å². The van der Waals surface area contributed by atoms with Crippen LogP contribution < -0.4 is 0 Å². The van der Waals surface area contributed by atoms with Crippen molar-refractivity contribution in [2.45, 2.75) is 0 Å². The summed E-state index contributed by atoms with van der Waals surface area (Å²) in [4.78, 5) is 47.6. The van der Waals surface area contributed by atoms with Crippen LogP contribution in [0.4, 0.5) is 0 Å². The van der Waals surface area contributed by atoms with E-state index >= 15 is 0 Å². The summed E-state index contributed by atoms with van der Waals surface area (Å²) in [6.07, 6.45) is 0. The molecule has 0 aliphatic heterocycles. The van der Waals surface area contributed by atoms with Crippen molar-refractivity contribution in [2.24, 2.45) is 0 Å². The van der Waals surface area contributed by atoms with Gasteiger partial charge >= 0.3 is 18.1 Å². The normalized spacial score (nSPS) is 12.6. The Kier molecular flexibility index (Phi) is 6.34. The summed E-state index contributed by atoms with van der Waals surface area (Å²) in [7, 11) is -9.96. The second-order valence-electron chi connectivity index (χ2n) is 1.25. The molecule has 0 rings (SSSR count). The van der Waals surface area contributed by atoms with Crippen LogP contribution in [0.2, 0.25) is 0 Å². The van der Waals surface area contributed by atoms with Gasteiger partial charge in [-0.25, -0.2) is 0 Å². The molecule has 0 aromatic carbocycles. The molecule has 0 aromatic rings. The summed E-state index contributed by atoms with van der Waals surface area (Å²) in [6.45, 7) is 0. The molecule has 0 atom stereocenters. The zero-order chi connectivity index (χ0) is 7.71. The van der Waals surface area contributed by atoms with Gasteiger partial charge in [0.05, 0.1) is 0 Å². The Morgan fingerprint density at radius 1 is 0.700 bits per heavy atom. The molecule has 0 fully saturated rings. The third kappa shape index (κ3) is 12.2. The minimum Gasteiger partial charge on any atom is -0.368 e. The molecule has 60 valence electrons. The molecule has 10 heteroatoms. The van der Waals surface area contributed by atoms with E-state index < -0.39 is 18.1 Å². The van der Waals surface area contributed by atoms with E-state index in [0.29, 0.717) is 0 Å². The van der Waals surface area contributed by atoms with Crippen LogP contribution in [0, 0.1) is 40.8 Å². The Hall–Kier alpha value is 1.50. The summed E-state index contributed by atoms with van der Waals surface area (Å²) in [5, 5.41) is 0. The topological polar surface area (TPSA) is 131 Å². The van der Waals surface area contributed by atoms with Gasteiger partial charge in [-0.05, 0) is 0 Å². The maximum absolute atomic E-state index is 7.94. The number of hydrogen-bond donors (Lipinski definition) is 6. The van der Waals surface area contributed by atoms with E-state index in [-0.39, 0.29) is 40.8 Å². The van der Waals surface area contributed by atoms with Gasteiger partial charge < -0.3 is 32.9 Å². The largest absolute Gasteiger partial charge is 0.665 e. The van der Waals surface area contributed by atoms with Crippen LogP contribution in [0.3, 0.4) is 0 Å². The molecule has 0 amide bonds. The Morgan fingerprint density at radius 2 is 0.900 bits per heavy atom. The molecule has 0 radical (unpaired) electrons. The van der Waals surface area contributed by atoms with Crippen molar-refractivity contribution in [2.75, 3.05) is 0 Å². The molecule has 0 aliphatic rings. The van der Waals surface area contributed by atoms with Crippen molar-refractivity contribution >= 4 is 18.1 Å². The smallest absolute Gasteiger partial charge is 0.368 e. The summed E-state index contributed by atoms with van der Waals surface area (Å²) < 4.78 is 3.24. The van der Waals surface area contributed by atoms with E-state index in [1.54, 1.807) is 0 Å². The summed E-state index contributed by atoms with van der Waals surface area (Å²) in [6, 6.07) is 0. The quantitative estimate of drug-likeness (QED) is 0.285. The van der Waals surface area contributed by atoms with Crippen molar-refractivity contribution < 1.29 is 73.7 Å². The standard InChI is InChI=1S/Nd.H6O7Si2/c;1-8(2,3)7-9(4,5)6/h;1-6H. The molecule has 6 N–H and O–H groups in total. The SMILES string of the molecule is O[Si](O)(O)O[Si](O)(O)O.[Nd]. The third-order valence-corrected chi connectivity index (χ3v) is 2.46. The van der Waals surface area contributed by atoms with E-state index in [2.05, 4.69) is 4.12 Å². The van der Waals surface area contributed by atoms with Crippen LogP contribution in [0.25, 0.3) is 0 Å². The van der Waals surface area contributed by atoms with Gasteiger partial charge in [0, 0.05) is 40.8 Å². The van der Waals surface area contributed by atoms with E-state index in [9.17, 15) is 0 Å². The van der Waals surface area contributed by atoms with Crippen molar-refractivity contribution in [3.63, 3.8) is 0 Å². The minimum atomic E-state index is -4.98. The second kappa shape index (κ2) is 4.51. The van der Waals surface area contributed by atoms with E-state index in [1.165, 1.54) is 0 Å². The second-order valence-corrected chi connectivity index (χ2v) is 4.36. The van der Waals surface area contributed by atoms with E-state index in [0.717, 1.165) is 0 Å². The fourth-order valence-corrected chi connectivity index (χ4v) is 1.65. The first-order chi connectivity index (χ1) is 3.71. The zero-order valence-electron chi connectivity index (χ0n) is 4.59. The molecule has 10 heavy (non-hydrogen) atoms. The Labute approximate surface area is 91.0 Å². The van der Waals surface area contributed by atoms with Crippen LogP contribution in [0.5, 0.6) is 0 Å². The summed E-state index contributed by atoms with van der Waals surface area (Å²) >= 11 is 0. The molecule has 0 aliphatic carbocycles. The van der Waals surface area contributed by atoms with Gasteiger partial charge in [0.2, 0.25) is 0 Å². The maximum atomic E-state index is 7.94. The molecule has 0 spiro atoms. The Bertz CT molecular complexity index is 76.8. The van der Waals surface area contributed by atoms with Crippen LogP contribution in [-0.4, -0.2) is 46.9 Å². The molecule has 0 aromatic heterocycles. The predicted molar refractivity (Wildman–Crippen MR) is 25.9 cm³/mol. The molecule has 0 saturated heterocycles. The van der Waals surface area contributed by atoms with Gasteiger partial charge in [-0.3, -0.25) is 0 Å². The molecule has 0 unspecified atom stereocenters. The first-order valence-corrected chi connectivity index (χ1v) is 5.25. The van der Waals surface area contributed by atoms with E-state index in [4.69, 9.17) is 28.8 Å². The number of rotatable bonds is 2. The predicted octanol–water partition coefficient (Wildman–Crippen LogP) is -4.17. The van der Waals surface area contributed by atoms with Crippen LogP contribution >= 0.6 is 0 Å². The summed E-state index contributed by atoms with van der Waals surface area (Å²) in [5.41, 5.74) is 0. The average Bonchev–Trinajstić information content (AvgIpc) is 1.14. The molecule has 0 heterocycles. The molecular formula is H6NdO7Si2. The van der Waals surface area contributed by atoms with Gasteiger partial charge in [0.15, 0.2) is 0 Å². The van der Waals surface area contributed by atoms with Gasteiger partial charge in [-0.2, -0.15) is 0 Å². The van der Waals surface area contributed by atoms with Gasteiger partial charge in [-0.15, -0.1) is 0 Å². The van der Waals surface area contributed by atoms with Crippen molar-refractivity contribution in [1.82, 2.24) is 0 Å². The summed E-state index contributed by atoms with van der Waals surface area (Å²) in [5.74, 6) is 0. The molecule has 0 saturated carbocycles. The first-order valence-electron chi connectivity index (χ1n) is 1.75. The monoisotopic (exact) mass is 316 g/mol. The van der Waals surface area contributed by atoms with E-state index in [1.807, 2.05) is 0 Å². The van der Waals surface area contributed by atoms with Gasteiger partial charge in [-0.1, -0.05) is 0 Å². The van der Waals surface area contributed by atoms with Crippen LogP contribution in [0.15, 0.2) is 0 Å². The molecular weight excluding hydrogens is 312 g/mol. The molecule has 7 nitrogen and oxygen atoms in total. The molecule has 0 bridgehead atoms. The van der Waals surface area contributed by atoms with Gasteiger partial charge in [0.1, 0.15) is 0 Å². The third-order valence-electron chi connectivity index (χ3n) is 0.274. The Morgan fingerprint density at radius 3 is 0.900 bits per heavy atom. The minimum absolute atomic E-state index is 0. The first kappa shape index (κ1) is 14.1.